The van der Waals surface area contributed by atoms with E-state index in [9.17, 15) is 19.5 Å². The predicted molar refractivity (Wildman–Crippen MR) is 83.5 cm³/mol. The van der Waals surface area contributed by atoms with Crippen molar-refractivity contribution >= 4 is 17.7 Å². The lowest BCUT2D eigenvalue weighted by molar-refractivity contribution is -0.141. The molecule has 2 N–H and O–H groups in total. The molecule has 1 rings (SSSR count). The predicted octanol–water partition coefficient (Wildman–Crippen LogP) is 1.90. The molecule has 5 heteroatoms. The fourth-order valence-electron chi connectivity index (χ4n) is 2.05. The van der Waals surface area contributed by atoms with Crippen LogP contribution in [0.15, 0.2) is 36.4 Å². The van der Waals surface area contributed by atoms with Crippen LogP contribution in [-0.4, -0.2) is 28.8 Å². The summed E-state index contributed by atoms with van der Waals surface area (Å²) in [4.78, 5) is 33.7. The van der Waals surface area contributed by atoms with E-state index in [1.54, 1.807) is 0 Å². The van der Waals surface area contributed by atoms with Crippen molar-refractivity contribution in [3.05, 3.63) is 47.5 Å². The Labute approximate surface area is 130 Å². The maximum atomic E-state index is 11.6. The molecule has 0 heterocycles. The highest BCUT2D eigenvalue weighted by Crippen LogP contribution is 2.10. The number of hydrogen-bond acceptors (Lipinski definition) is 3. The second-order valence-electron chi connectivity index (χ2n) is 5.12. The normalized spacial score (nSPS) is 12.1. The maximum absolute atomic E-state index is 11.6. The molecule has 1 aromatic carbocycles. The molecule has 0 unspecified atom stereocenters. The molecular weight excluding hydrogens is 282 g/mol. The second-order valence-corrected chi connectivity index (χ2v) is 5.12. The number of benzene rings is 1. The van der Waals surface area contributed by atoms with Crippen molar-refractivity contribution in [1.82, 2.24) is 5.32 Å². The molecule has 1 amide bonds. The Balaban J connectivity index is 2.76. The molecule has 0 fully saturated rings. The van der Waals surface area contributed by atoms with Crippen molar-refractivity contribution in [2.45, 2.75) is 39.2 Å². The van der Waals surface area contributed by atoms with E-state index < -0.39 is 17.9 Å². The Hall–Kier alpha value is -2.43. The first kappa shape index (κ1) is 17.6. The summed E-state index contributed by atoms with van der Waals surface area (Å²) in [7, 11) is 0. The Bertz CT molecular complexity index is 578. The molecule has 22 heavy (non-hydrogen) atoms. The number of aryl methyl sites for hydroxylation is 1. The molecule has 0 aromatic heterocycles. The summed E-state index contributed by atoms with van der Waals surface area (Å²) in [6, 6.07) is 6.65. The van der Waals surface area contributed by atoms with Gasteiger partial charge in [0, 0.05) is 12.5 Å². The lowest BCUT2D eigenvalue weighted by Crippen LogP contribution is -2.41. The van der Waals surface area contributed by atoms with Gasteiger partial charge in [0.2, 0.25) is 5.91 Å². The summed E-state index contributed by atoms with van der Waals surface area (Å²) < 4.78 is 0. The molecule has 0 spiro atoms. The second kappa shape index (κ2) is 8.77. The van der Waals surface area contributed by atoms with E-state index >= 15 is 0 Å². The summed E-state index contributed by atoms with van der Waals surface area (Å²) >= 11 is 0. The largest absolute Gasteiger partial charge is 0.480 e. The average Bonchev–Trinajstić information content (AvgIpc) is 2.45. The van der Waals surface area contributed by atoms with Gasteiger partial charge in [0.1, 0.15) is 6.04 Å². The number of allylic oxidation sites excluding steroid dienone is 1. The van der Waals surface area contributed by atoms with E-state index in [0.717, 1.165) is 36.1 Å². The summed E-state index contributed by atoms with van der Waals surface area (Å²) in [5.74, 6) is -1.97. The first-order valence-corrected chi connectivity index (χ1v) is 7.22. The van der Waals surface area contributed by atoms with E-state index in [-0.39, 0.29) is 12.2 Å². The summed E-state index contributed by atoms with van der Waals surface area (Å²) in [5, 5.41) is 11.6. The molecule has 118 valence electrons. The van der Waals surface area contributed by atoms with Crippen LogP contribution in [0.4, 0.5) is 0 Å². The van der Waals surface area contributed by atoms with Gasteiger partial charge in [-0.2, -0.15) is 0 Å². The molecule has 0 radical (unpaired) electrons. The van der Waals surface area contributed by atoms with Crippen LogP contribution in [-0.2, 0) is 27.2 Å². The number of nitrogens with one attached hydrogen (secondary N) is 1. The minimum Gasteiger partial charge on any atom is -0.480 e. The summed E-state index contributed by atoms with van der Waals surface area (Å²) in [6.45, 7) is 3.39. The molecule has 0 aliphatic carbocycles. The summed E-state index contributed by atoms with van der Waals surface area (Å²) in [5.41, 5.74) is 2.00. The Morgan fingerprint density at radius 3 is 2.50 bits per heavy atom. The minimum atomic E-state index is -1.11. The standard InChI is InChI=1S/C17H21NO4/c1-3-5-13-6-4-7-14(10-13)11-15(17(21)22)18-16(20)9-8-12(2)19/h4,6-10,15H,3,5,11H2,1-2H3,(H,18,20)(H,21,22)/b9-8+/t15-/m0/s1. The summed E-state index contributed by atoms with van der Waals surface area (Å²) in [6.07, 6.45) is 4.30. The number of ketones is 1. The number of hydrogen-bond donors (Lipinski definition) is 2. The zero-order valence-corrected chi connectivity index (χ0v) is 12.8. The molecule has 0 saturated carbocycles. The fourth-order valence-corrected chi connectivity index (χ4v) is 2.05. The minimum absolute atomic E-state index is 0.201. The van der Waals surface area contributed by atoms with Gasteiger partial charge in [0.05, 0.1) is 0 Å². The maximum Gasteiger partial charge on any atom is 0.326 e. The number of carbonyl (C=O) groups is 3. The van der Waals surface area contributed by atoms with Crippen LogP contribution in [0.1, 0.15) is 31.4 Å². The van der Waals surface area contributed by atoms with Gasteiger partial charge in [0.15, 0.2) is 5.78 Å². The first-order chi connectivity index (χ1) is 10.4. The average molecular weight is 303 g/mol. The Kier molecular flexibility index (Phi) is 7.02. The smallest absolute Gasteiger partial charge is 0.326 e. The van der Waals surface area contributed by atoms with Crippen molar-refractivity contribution in [3.63, 3.8) is 0 Å². The number of amides is 1. The number of carboxylic acids is 1. The van der Waals surface area contributed by atoms with Crippen molar-refractivity contribution < 1.29 is 19.5 Å². The van der Waals surface area contributed by atoms with E-state index in [4.69, 9.17) is 0 Å². The van der Waals surface area contributed by atoms with Gasteiger partial charge < -0.3 is 10.4 Å². The highest BCUT2D eigenvalue weighted by atomic mass is 16.4. The van der Waals surface area contributed by atoms with Gasteiger partial charge in [-0.25, -0.2) is 4.79 Å². The number of aliphatic carboxylic acids is 1. The quantitative estimate of drug-likeness (QED) is 0.718. The van der Waals surface area contributed by atoms with Crippen molar-refractivity contribution in [2.75, 3.05) is 0 Å². The van der Waals surface area contributed by atoms with Gasteiger partial charge >= 0.3 is 5.97 Å². The number of carboxylic acid groups (broad SMARTS) is 1. The third-order valence-electron chi connectivity index (χ3n) is 3.05. The van der Waals surface area contributed by atoms with Crippen LogP contribution in [0.5, 0.6) is 0 Å². The van der Waals surface area contributed by atoms with E-state index in [1.165, 1.54) is 6.92 Å². The molecule has 0 bridgehead atoms. The molecule has 1 aromatic rings. The van der Waals surface area contributed by atoms with Crippen molar-refractivity contribution in [2.24, 2.45) is 0 Å². The lowest BCUT2D eigenvalue weighted by atomic mass is 10.0. The van der Waals surface area contributed by atoms with Crippen LogP contribution in [0, 0.1) is 0 Å². The molecule has 0 aliphatic heterocycles. The highest BCUT2D eigenvalue weighted by molar-refractivity contribution is 5.97. The van der Waals surface area contributed by atoms with Gasteiger partial charge in [-0.3, -0.25) is 9.59 Å². The van der Waals surface area contributed by atoms with Gasteiger partial charge in [-0.15, -0.1) is 0 Å². The van der Waals surface area contributed by atoms with Crippen LogP contribution >= 0.6 is 0 Å². The van der Waals surface area contributed by atoms with Crippen LogP contribution in [0.3, 0.4) is 0 Å². The first-order valence-electron chi connectivity index (χ1n) is 7.22. The Morgan fingerprint density at radius 2 is 1.91 bits per heavy atom. The zero-order valence-electron chi connectivity index (χ0n) is 12.8. The highest BCUT2D eigenvalue weighted by Gasteiger charge is 2.19. The van der Waals surface area contributed by atoms with Gasteiger partial charge in [0.25, 0.3) is 0 Å². The lowest BCUT2D eigenvalue weighted by Gasteiger charge is -2.14. The van der Waals surface area contributed by atoms with Crippen LogP contribution in [0.2, 0.25) is 0 Å². The van der Waals surface area contributed by atoms with Crippen LogP contribution < -0.4 is 5.32 Å². The van der Waals surface area contributed by atoms with E-state index in [1.807, 2.05) is 24.3 Å². The Morgan fingerprint density at radius 1 is 1.23 bits per heavy atom. The fraction of sp³-hybridized carbons (Fsp3) is 0.353. The van der Waals surface area contributed by atoms with E-state index in [2.05, 4.69) is 12.2 Å². The molecule has 0 aliphatic rings. The molecule has 0 saturated heterocycles. The topological polar surface area (TPSA) is 83.5 Å². The molecule has 5 nitrogen and oxygen atoms in total. The zero-order chi connectivity index (χ0) is 16.5. The third kappa shape index (κ3) is 6.35. The number of rotatable bonds is 8. The van der Waals surface area contributed by atoms with Gasteiger partial charge in [-0.05, 0) is 30.5 Å². The molecule has 1 atom stereocenters. The van der Waals surface area contributed by atoms with Crippen molar-refractivity contribution in [3.8, 4) is 0 Å². The molecular formula is C17H21NO4. The SMILES string of the molecule is CCCc1cccc(C[C@H](NC(=O)/C=C/C(C)=O)C(=O)O)c1. The third-order valence-corrected chi connectivity index (χ3v) is 3.05. The van der Waals surface area contributed by atoms with Gasteiger partial charge in [-0.1, -0.05) is 37.6 Å². The van der Waals surface area contributed by atoms with Crippen LogP contribution in [0.25, 0.3) is 0 Å². The number of carbonyl (C=O) groups excluding carboxylic acids is 2. The van der Waals surface area contributed by atoms with E-state index in [0.29, 0.717) is 0 Å². The monoisotopic (exact) mass is 303 g/mol. The van der Waals surface area contributed by atoms with Crippen molar-refractivity contribution in [1.29, 1.82) is 0 Å².